The highest BCUT2D eigenvalue weighted by atomic mass is 16.2. The van der Waals surface area contributed by atoms with Gasteiger partial charge in [-0.15, -0.1) is 0 Å². The largest absolute Gasteiger partial charge is 0.397 e. The van der Waals surface area contributed by atoms with Gasteiger partial charge in [-0.05, 0) is 73.2 Å². The topological polar surface area (TPSA) is 124 Å². The molecular weight excluding hydrogens is 428 g/mol. The molecule has 8 nitrogen and oxygen atoms in total. The molecule has 2 aliphatic rings. The lowest BCUT2D eigenvalue weighted by atomic mass is 9.97. The van der Waals surface area contributed by atoms with Crippen LogP contribution >= 0.6 is 0 Å². The summed E-state index contributed by atoms with van der Waals surface area (Å²) in [5.41, 5.74) is 18.7. The number of H-pyrrole nitrogens is 2. The van der Waals surface area contributed by atoms with Crippen LogP contribution in [0.25, 0.3) is 11.0 Å². The first-order chi connectivity index (χ1) is 16.4. The first kappa shape index (κ1) is 24.0. The van der Waals surface area contributed by atoms with Crippen LogP contribution in [0, 0.1) is 0 Å². The van der Waals surface area contributed by atoms with Crippen LogP contribution in [0.4, 0.5) is 11.4 Å². The zero-order valence-electron chi connectivity index (χ0n) is 20.2. The van der Waals surface area contributed by atoms with Gasteiger partial charge in [0, 0.05) is 26.2 Å². The summed E-state index contributed by atoms with van der Waals surface area (Å²) in [5.74, 6) is 0. The molecule has 0 spiro atoms. The number of rotatable bonds is 4. The summed E-state index contributed by atoms with van der Waals surface area (Å²) in [6, 6.07) is 7.96. The molecule has 0 amide bonds. The van der Waals surface area contributed by atoms with E-state index in [1.165, 1.54) is 35.2 Å². The Kier molecular flexibility index (Phi) is 7.38. The van der Waals surface area contributed by atoms with Gasteiger partial charge in [0.15, 0.2) is 0 Å². The zero-order chi connectivity index (χ0) is 24.2. The number of aromatic amines is 2. The van der Waals surface area contributed by atoms with Crippen LogP contribution < -0.4 is 22.6 Å². The van der Waals surface area contributed by atoms with Crippen LogP contribution in [-0.2, 0) is 25.9 Å². The molecule has 0 saturated carbocycles. The molecule has 5 rings (SSSR count). The molecule has 3 aromatic rings. The lowest BCUT2D eigenvalue weighted by Crippen LogP contribution is -2.33. The Bertz CT molecular complexity index is 1280. The van der Waals surface area contributed by atoms with Gasteiger partial charge in [0.1, 0.15) is 0 Å². The fourth-order valence-electron chi connectivity index (χ4n) is 5.09. The predicted molar refractivity (Wildman–Crippen MR) is 139 cm³/mol. The molecule has 0 saturated heterocycles. The minimum Gasteiger partial charge on any atom is -0.397 e. The second-order valence-electron chi connectivity index (χ2n) is 9.29. The van der Waals surface area contributed by atoms with Gasteiger partial charge < -0.3 is 21.4 Å². The third-order valence-corrected chi connectivity index (χ3v) is 6.81. The van der Waals surface area contributed by atoms with Crippen LogP contribution in [0.5, 0.6) is 0 Å². The molecule has 34 heavy (non-hydrogen) atoms. The molecule has 182 valence electrons. The summed E-state index contributed by atoms with van der Waals surface area (Å²) < 4.78 is 0. The van der Waals surface area contributed by atoms with Crippen molar-refractivity contribution < 1.29 is 0 Å². The van der Waals surface area contributed by atoms with E-state index in [-0.39, 0.29) is 0 Å². The van der Waals surface area contributed by atoms with E-state index in [0.717, 1.165) is 68.9 Å². The molecule has 0 fully saturated rings. The zero-order valence-corrected chi connectivity index (χ0v) is 20.2. The number of benzene rings is 2. The maximum atomic E-state index is 11.5. The molecule has 1 aromatic heterocycles. The van der Waals surface area contributed by atoms with Crippen molar-refractivity contribution >= 4 is 22.4 Å². The normalized spacial score (nSPS) is 15.9. The van der Waals surface area contributed by atoms with Crippen molar-refractivity contribution in [2.75, 3.05) is 37.6 Å². The number of fused-ring (bicyclic) bond motifs is 4. The van der Waals surface area contributed by atoms with Gasteiger partial charge >= 0.3 is 11.1 Å². The molecular formula is C26H36N6O2. The number of nitrogens with two attached hydrogens (primary N) is 2. The second-order valence-corrected chi connectivity index (χ2v) is 9.29. The molecule has 8 heteroatoms. The Hall–Kier alpha value is -3.10. The van der Waals surface area contributed by atoms with Gasteiger partial charge in [-0.25, -0.2) is 0 Å². The maximum Gasteiger partial charge on any atom is 0.314 e. The van der Waals surface area contributed by atoms with E-state index in [4.69, 9.17) is 11.5 Å². The number of hydrogen-bond donors (Lipinski definition) is 4. The van der Waals surface area contributed by atoms with Crippen LogP contribution in [0.15, 0.2) is 33.9 Å². The maximum absolute atomic E-state index is 11.5. The molecule has 6 N–H and O–H groups in total. The van der Waals surface area contributed by atoms with E-state index < -0.39 is 11.1 Å². The van der Waals surface area contributed by atoms with Gasteiger partial charge in [0.2, 0.25) is 0 Å². The third-order valence-electron chi connectivity index (χ3n) is 6.81. The molecule has 2 aliphatic heterocycles. The molecule has 0 aliphatic carbocycles. The van der Waals surface area contributed by atoms with E-state index in [1.54, 1.807) is 0 Å². The van der Waals surface area contributed by atoms with Crippen molar-refractivity contribution in [2.45, 2.75) is 52.6 Å². The van der Waals surface area contributed by atoms with Crippen LogP contribution in [0.2, 0.25) is 0 Å². The van der Waals surface area contributed by atoms with Gasteiger partial charge in [0.05, 0.1) is 22.4 Å². The van der Waals surface area contributed by atoms with E-state index in [1.807, 2.05) is 18.2 Å². The van der Waals surface area contributed by atoms with Crippen LogP contribution in [-0.4, -0.2) is 45.9 Å². The van der Waals surface area contributed by atoms with Crippen molar-refractivity contribution in [1.29, 1.82) is 0 Å². The number of hydrogen-bond acceptors (Lipinski definition) is 6. The molecule has 3 heterocycles. The molecule has 0 unspecified atom stereocenters. The van der Waals surface area contributed by atoms with E-state index in [0.29, 0.717) is 5.52 Å². The first-order valence-electron chi connectivity index (χ1n) is 12.3. The Labute approximate surface area is 200 Å². The van der Waals surface area contributed by atoms with Gasteiger partial charge in [-0.3, -0.25) is 19.4 Å². The van der Waals surface area contributed by atoms with Gasteiger partial charge in [0.25, 0.3) is 0 Å². The molecule has 0 bridgehead atoms. The SMILES string of the molecule is CCCN1CCc2c(ccc(N)c2N)C1.CCCN1CCc2c(ccc3[nH]c(=O)c(=O)[nH]c23)C1. The lowest BCUT2D eigenvalue weighted by Gasteiger charge is -2.29. The molecule has 0 atom stereocenters. The Morgan fingerprint density at radius 3 is 2.00 bits per heavy atom. The van der Waals surface area contributed by atoms with Crippen molar-refractivity contribution in [3.8, 4) is 0 Å². The van der Waals surface area contributed by atoms with E-state index in [2.05, 4.69) is 39.7 Å². The average Bonchev–Trinajstić information content (AvgIpc) is 2.83. The summed E-state index contributed by atoms with van der Waals surface area (Å²) >= 11 is 0. The smallest absolute Gasteiger partial charge is 0.314 e. The summed E-state index contributed by atoms with van der Waals surface area (Å²) in [5, 5.41) is 0. The summed E-state index contributed by atoms with van der Waals surface area (Å²) in [4.78, 5) is 33.0. The minimum atomic E-state index is -0.587. The van der Waals surface area contributed by atoms with E-state index in [9.17, 15) is 9.59 Å². The molecule has 0 radical (unpaired) electrons. The fourth-order valence-corrected chi connectivity index (χ4v) is 5.09. The van der Waals surface area contributed by atoms with E-state index >= 15 is 0 Å². The number of nitrogen functional groups attached to an aromatic ring is 2. The Morgan fingerprint density at radius 2 is 1.35 bits per heavy atom. The Morgan fingerprint density at radius 1 is 0.794 bits per heavy atom. The quantitative estimate of drug-likeness (QED) is 0.348. The predicted octanol–water partition coefficient (Wildman–Crippen LogP) is 2.60. The minimum absolute atomic E-state index is 0.572. The highest BCUT2D eigenvalue weighted by molar-refractivity contribution is 5.79. The second kappa shape index (κ2) is 10.4. The van der Waals surface area contributed by atoms with Crippen molar-refractivity contribution in [2.24, 2.45) is 0 Å². The highest BCUT2D eigenvalue weighted by Crippen LogP contribution is 2.28. The van der Waals surface area contributed by atoms with Crippen LogP contribution in [0.3, 0.4) is 0 Å². The third kappa shape index (κ3) is 5.03. The number of aromatic nitrogens is 2. The Balaban J connectivity index is 0.000000166. The average molecular weight is 465 g/mol. The summed E-state index contributed by atoms with van der Waals surface area (Å²) in [7, 11) is 0. The number of nitrogens with zero attached hydrogens (tertiary/aromatic N) is 2. The van der Waals surface area contributed by atoms with Crippen molar-refractivity contribution in [3.63, 3.8) is 0 Å². The number of nitrogens with one attached hydrogen (secondary N) is 2. The summed E-state index contributed by atoms with van der Waals surface area (Å²) in [6.45, 7) is 10.7. The van der Waals surface area contributed by atoms with Gasteiger partial charge in [-0.2, -0.15) is 0 Å². The monoisotopic (exact) mass is 464 g/mol. The fraction of sp³-hybridized carbons (Fsp3) is 0.462. The number of anilines is 2. The van der Waals surface area contributed by atoms with Gasteiger partial charge in [-0.1, -0.05) is 26.0 Å². The first-order valence-corrected chi connectivity index (χ1v) is 12.3. The van der Waals surface area contributed by atoms with Crippen molar-refractivity contribution in [3.05, 3.63) is 67.2 Å². The highest BCUT2D eigenvalue weighted by Gasteiger charge is 2.19. The van der Waals surface area contributed by atoms with Crippen molar-refractivity contribution in [1.82, 2.24) is 19.8 Å². The summed E-state index contributed by atoms with van der Waals surface area (Å²) in [6.07, 6.45) is 4.30. The standard InChI is InChI=1S/C14H17N3O2.C12H19N3/c1-2-6-17-7-5-10-9(8-17)3-4-11-12(10)16-14(19)13(18)15-11;1-2-6-15-7-5-10-9(8-15)3-4-11(13)12(10)14/h3-4H,2,5-8H2,1H3,(H,15,18)(H,16,19);3-4H,2,5-8,13-14H2,1H3. The lowest BCUT2D eigenvalue weighted by molar-refractivity contribution is 0.255. The molecule has 2 aromatic carbocycles. The van der Waals surface area contributed by atoms with Crippen LogP contribution in [0.1, 0.15) is 48.9 Å².